The summed E-state index contributed by atoms with van der Waals surface area (Å²) in [6.45, 7) is 8.66. The van der Waals surface area contributed by atoms with Crippen LogP contribution in [-0.4, -0.2) is 59.1 Å². The molecule has 0 radical (unpaired) electrons. The minimum Gasteiger partial charge on any atom is -0.352 e. The zero-order valence-electron chi connectivity index (χ0n) is 24.7. The molecule has 41 heavy (non-hydrogen) atoms. The van der Waals surface area contributed by atoms with Crippen molar-refractivity contribution in [2.24, 2.45) is 0 Å². The fourth-order valence-electron chi connectivity index (χ4n) is 5.76. The van der Waals surface area contributed by atoms with Crippen LogP contribution in [0.2, 0.25) is 0 Å². The molecule has 1 N–H and O–H groups in total. The summed E-state index contributed by atoms with van der Waals surface area (Å²) in [4.78, 5) is 31.5. The summed E-state index contributed by atoms with van der Waals surface area (Å²) >= 11 is 1.67. The molecule has 2 aliphatic rings. The van der Waals surface area contributed by atoms with E-state index in [4.69, 9.17) is 0 Å². The predicted octanol–water partition coefficient (Wildman–Crippen LogP) is 7.28. The molecular formula is C34H46FN3O2S. The van der Waals surface area contributed by atoms with Crippen molar-refractivity contribution in [3.63, 3.8) is 0 Å². The molecule has 1 saturated carbocycles. The topological polar surface area (TPSA) is 52.7 Å². The Hall–Kier alpha value is -2.64. The maximum Gasteiger partial charge on any atom is 0.260 e. The molecule has 2 atom stereocenters. The molecule has 1 aliphatic heterocycles. The first-order chi connectivity index (χ1) is 20.0. The number of carbonyl (C=O) groups is 2. The van der Waals surface area contributed by atoms with Gasteiger partial charge in [-0.3, -0.25) is 9.59 Å². The van der Waals surface area contributed by atoms with Gasteiger partial charge in [-0.05, 0) is 81.6 Å². The molecule has 222 valence electrons. The van der Waals surface area contributed by atoms with Crippen LogP contribution in [0.1, 0.15) is 93.1 Å². The summed E-state index contributed by atoms with van der Waals surface area (Å²) in [7, 11) is 0. The lowest BCUT2D eigenvalue weighted by Crippen LogP contribution is -2.50. The number of thioether (sulfide) groups is 1. The monoisotopic (exact) mass is 579 g/mol. The molecule has 1 aliphatic carbocycles. The fourth-order valence-corrected chi connectivity index (χ4v) is 7.23. The molecule has 4 rings (SSSR count). The van der Waals surface area contributed by atoms with E-state index < -0.39 is 0 Å². The van der Waals surface area contributed by atoms with Crippen LogP contribution in [0, 0.1) is 5.82 Å². The van der Waals surface area contributed by atoms with Gasteiger partial charge in [-0.15, -0.1) is 11.8 Å². The van der Waals surface area contributed by atoms with Gasteiger partial charge in [0, 0.05) is 35.5 Å². The Balaban J connectivity index is 1.36. The average Bonchev–Trinajstić information content (AvgIpc) is 2.99. The van der Waals surface area contributed by atoms with Gasteiger partial charge in [0.05, 0.1) is 4.91 Å². The van der Waals surface area contributed by atoms with E-state index in [0.717, 1.165) is 57.3 Å². The van der Waals surface area contributed by atoms with Crippen molar-refractivity contribution in [2.45, 2.75) is 89.5 Å². The van der Waals surface area contributed by atoms with Crippen molar-refractivity contribution < 1.29 is 14.0 Å². The summed E-state index contributed by atoms with van der Waals surface area (Å²) in [6.07, 6.45) is 12.0. The minimum absolute atomic E-state index is 0.0323. The van der Waals surface area contributed by atoms with Gasteiger partial charge in [-0.2, -0.15) is 0 Å². The number of amides is 2. The largest absolute Gasteiger partial charge is 0.352 e. The van der Waals surface area contributed by atoms with E-state index in [0.29, 0.717) is 34.4 Å². The van der Waals surface area contributed by atoms with Crippen molar-refractivity contribution in [3.05, 3.63) is 75.9 Å². The van der Waals surface area contributed by atoms with E-state index in [1.54, 1.807) is 23.9 Å². The Morgan fingerprint density at radius 2 is 1.68 bits per heavy atom. The zero-order valence-corrected chi connectivity index (χ0v) is 25.6. The quantitative estimate of drug-likeness (QED) is 0.189. The number of hydrogen-bond acceptors (Lipinski definition) is 4. The van der Waals surface area contributed by atoms with Crippen LogP contribution < -0.4 is 5.32 Å². The highest BCUT2D eigenvalue weighted by Gasteiger charge is 2.40. The maximum absolute atomic E-state index is 14.5. The lowest BCUT2D eigenvalue weighted by molar-refractivity contribution is -0.130. The van der Waals surface area contributed by atoms with Gasteiger partial charge in [0.2, 0.25) is 0 Å². The van der Waals surface area contributed by atoms with E-state index in [-0.39, 0.29) is 23.7 Å². The Kier molecular flexibility index (Phi) is 12.3. The van der Waals surface area contributed by atoms with Crippen LogP contribution in [-0.2, 0) is 11.3 Å². The van der Waals surface area contributed by atoms with Gasteiger partial charge in [0.15, 0.2) is 0 Å². The Morgan fingerprint density at radius 3 is 2.39 bits per heavy atom. The second-order valence-corrected chi connectivity index (χ2v) is 12.6. The van der Waals surface area contributed by atoms with Gasteiger partial charge in [-0.25, -0.2) is 4.39 Å². The van der Waals surface area contributed by atoms with Crippen LogP contribution in [0.15, 0.2) is 53.4 Å². The first-order valence-electron chi connectivity index (χ1n) is 15.5. The molecule has 5 nitrogen and oxygen atoms in total. The maximum atomic E-state index is 14.5. The molecule has 0 spiro atoms. The molecule has 1 heterocycles. The Bertz CT molecular complexity index is 1160. The Morgan fingerprint density at radius 1 is 1.00 bits per heavy atom. The highest BCUT2D eigenvalue weighted by molar-refractivity contribution is 8.04. The molecule has 0 bridgehead atoms. The van der Waals surface area contributed by atoms with E-state index >= 15 is 0 Å². The summed E-state index contributed by atoms with van der Waals surface area (Å²) in [6, 6.07) is 14.3. The van der Waals surface area contributed by atoms with Crippen LogP contribution in [0.4, 0.5) is 4.39 Å². The van der Waals surface area contributed by atoms with Gasteiger partial charge in [0.1, 0.15) is 5.82 Å². The van der Waals surface area contributed by atoms with Gasteiger partial charge in [0.25, 0.3) is 11.8 Å². The highest BCUT2D eigenvalue weighted by atomic mass is 32.2. The fraction of sp³-hybridized carbons (Fsp3) is 0.529. The van der Waals surface area contributed by atoms with E-state index in [9.17, 15) is 14.0 Å². The number of nitrogens with one attached hydrogen (secondary N) is 1. The number of hydrogen-bond donors (Lipinski definition) is 1. The standard InChI is InChI=1S/C34H46FN3O2S/c1-3-5-21-37(22-6-4-2)23-11-20-36-33(39)27-18-16-26(17-19-27)24-32-34(40)38(25-28-12-7-8-13-29(28)35)30-14-9-10-15-31(30)41-32/h7-8,12-13,16-19,24,30-31H,3-6,9-11,14-15,20-23,25H2,1-2H3,(H,36,39)/b32-24-. The number of halogens is 1. The van der Waals surface area contributed by atoms with Crippen molar-refractivity contribution in [1.29, 1.82) is 0 Å². The normalized spacial score (nSPS) is 20.0. The SMILES string of the molecule is CCCCN(CCCC)CCCNC(=O)c1ccc(/C=C2\SC3CCCCC3N(Cc3ccccc3F)C2=O)cc1. The summed E-state index contributed by atoms with van der Waals surface area (Å²) in [5.74, 6) is -0.368. The molecule has 2 unspecified atom stereocenters. The second-order valence-electron chi connectivity index (χ2n) is 11.3. The van der Waals surface area contributed by atoms with Crippen molar-refractivity contribution >= 4 is 29.7 Å². The Labute approximate surface area is 249 Å². The van der Waals surface area contributed by atoms with Crippen molar-refractivity contribution in [1.82, 2.24) is 15.1 Å². The summed E-state index contributed by atoms with van der Waals surface area (Å²) < 4.78 is 14.5. The van der Waals surface area contributed by atoms with Crippen molar-refractivity contribution in [2.75, 3.05) is 26.2 Å². The first-order valence-corrected chi connectivity index (χ1v) is 16.4. The van der Waals surface area contributed by atoms with Crippen LogP contribution in [0.5, 0.6) is 0 Å². The lowest BCUT2D eigenvalue weighted by atomic mass is 9.92. The third kappa shape index (κ3) is 8.92. The first kappa shape index (κ1) is 31.3. The van der Waals surface area contributed by atoms with Crippen LogP contribution >= 0.6 is 11.8 Å². The molecule has 2 amide bonds. The third-order valence-corrected chi connectivity index (χ3v) is 9.58. The number of nitrogens with zero attached hydrogens (tertiary/aromatic N) is 2. The number of fused-ring (bicyclic) bond motifs is 1. The molecule has 2 fully saturated rings. The zero-order chi connectivity index (χ0) is 29.0. The average molecular weight is 580 g/mol. The third-order valence-electron chi connectivity index (χ3n) is 8.18. The molecule has 0 aromatic heterocycles. The molecule has 2 aromatic carbocycles. The van der Waals surface area contributed by atoms with Crippen LogP contribution in [0.3, 0.4) is 0 Å². The number of benzene rings is 2. The van der Waals surface area contributed by atoms with E-state index in [1.807, 2.05) is 41.3 Å². The predicted molar refractivity (Wildman–Crippen MR) is 168 cm³/mol. The van der Waals surface area contributed by atoms with Gasteiger partial charge in [-0.1, -0.05) is 69.9 Å². The number of carbonyl (C=O) groups excluding carboxylic acids is 2. The minimum atomic E-state index is -0.268. The number of rotatable bonds is 14. The van der Waals surface area contributed by atoms with E-state index in [2.05, 4.69) is 24.1 Å². The lowest BCUT2D eigenvalue weighted by Gasteiger charge is -2.44. The van der Waals surface area contributed by atoms with Crippen LogP contribution in [0.25, 0.3) is 6.08 Å². The molecule has 1 saturated heterocycles. The van der Waals surface area contributed by atoms with Gasteiger partial charge < -0.3 is 15.1 Å². The smallest absolute Gasteiger partial charge is 0.260 e. The molecule has 7 heteroatoms. The summed E-state index contributed by atoms with van der Waals surface area (Å²) in [5.41, 5.74) is 2.07. The van der Waals surface area contributed by atoms with Gasteiger partial charge >= 0.3 is 0 Å². The van der Waals surface area contributed by atoms with E-state index in [1.165, 1.54) is 31.7 Å². The summed E-state index contributed by atoms with van der Waals surface area (Å²) in [5, 5.41) is 3.39. The van der Waals surface area contributed by atoms with Crippen molar-refractivity contribution in [3.8, 4) is 0 Å². The highest BCUT2D eigenvalue weighted by Crippen LogP contribution is 2.42. The second kappa shape index (κ2) is 16.1. The number of unbranched alkanes of at least 4 members (excludes halogenated alkanes) is 2. The molecule has 2 aromatic rings. The molecular weight excluding hydrogens is 533 g/mol.